The van der Waals surface area contributed by atoms with Gasteiger partial charge in [-0.25, -0.2) is 4.39 Å². The van der Waals surface area contributed by atoms with Crippen molar-refractivity contribution < 1.29 is 9.18 Å². The van der Waals surface area contributed by atoms with E-state index in [1.165, 1.54) is 11.8 Å². The number of thioether (sulfide) groups is 1. The van der Waals surface area contributed by atoms with Crippen molar-refractivity contribution >= 4 is 17.7 Å². The summed E-state index contributed by atoms with van der Waals surface area (Å²) < 4.78 is 15.9. The molecule has 1 fully saturated rings. The van der Waals surface area contributed by atoms with Gasteiger partial charge in [0, 0.05) is 60.5 Å². The number of benzene rings is 1. The molecule has 28 heavy (non-hydrogen) atoms. The van der Waals surface area contributed by atoms with E-state index in [9.17, 15) is 9.18 Å². The molecule has 1 unspecified atom stereocenters. The van der Waals surface area contributed by atoms with Crippen LogP contribution in [0.5, 0.6) is 0 Å². The Morgan fingerprint density at radius 1 is 1.32 bits per heavy atom. The van der Waals surface area contributed by atoms with E-state index in [1.807, 2.05) is 33.5 Å². The van der Waals surface area contributed by atoms with Gasteiger partial charge in [-0.05, 0) is 32.3 Å². The highest BCUT2D eigenvalue weighted by molar-refractivity contribution is 7.99. The van der Waals surface area contributed by atoms with E-state index in [0.717, 1.165) is 56.0 Å². The van der Waals surface area contributed by atoms with Crippen LogP contribution in [0.2, 0.25) is 0 Å². The number of carbonyl (C=O) groups excluding carboxylic acids is 1. The second kappa shape index (κ2) is 8.66. The van der Waals surface area contributed by atoms with E-state index >= 15 is 0 Å². The molecule has 0 radical (unpaired) electrons. The van der Waals surface area contributed by atoms with Crippen LogP contribution in [0.1, 0.15) is 40.7 Å². The monoisotopic (exact) mass is 402 g/mol. The summed E-state index contributed by atoms with van der Waals surface area (Å²) in [5.41, 5.74) is 3.59. The molecular formula is C21H27FN4OS. The van der Waals surface area contributed by atoms with Gasteiger partial charge in [0.15, 0.2) is 5.69 Å². The zero-order chi connectivity index (χ0) is 19.5. The normalized spacial score (nSPS) is 19.5. The maximum atomic E-state index is 13.9. The third-order valence-corrected chi connectivity index (χ3v) is 6.63. The van der Waals surface area contributed by atoms with Crippen molar-refractivity contribution in [2.75, 3.05) is 24.6 Å². The fourth-order valence-corrected chi connectivity index (χ4v) is 5.01. The highest BCUT2D eigenvalue weighted by Gasteiger charge is 2.31. The van der Waals surface area contributed by atoms with Gasteiger partial charge < -0.3 is 10.2 Å². The van der Waals surface area contributed by atoms with Crippen LogP contribution in [0.4, 0.5) is 4.39 Å². The summed E-state index contributed by atoms with van der Waals surface area (Å²) >= 11 is 1.90. The first-order valence-electron chi connectivity index (χ1n) is 10.1. The highest BCUT2D eigenvalue weighted by atomic mass is 32.2. The molecule has 2 heterocycles. The minimum absolute atomic E-state index is 0.0681. The van der Waals surface area contributed by atoms with Gasteiger partial charge in [0.2, 0.25) is 0 Å². The second-order valence-electron chi connectivity index (χ2n) is 7.41. The molecule has 0 spiro atoms. The maximum absolute atomic E-state index is 13.9. The van der Waals surface area contributed by atoms with Gasteiger partial charge in [-0.15, -0.1) is 0 Å². The number of hydrogen-bond donors (Lipinski definition) is 1. The lowest BCUT2D eigenvalue weighted by molar-refractivity contribution is 0.0764. The third-order valence-electron chi connectivity index (χ3n) is 5.69. The molecule has 1 N–H and O–H groups in total. The molecule has 1 aromatic carbocycles. The Labute approximate surface area is 169 Å². The van der Waals surface area contributed by atoms with E-state index in [4.69, 9.17) is 0 Å². The Hall–Kier alpha value is -1.86. The number of amides is 1. The van der Waals surface area contributed by atoms with Crippen molar-refractivity contribution in [3.63, 3.8) is 0 Å². The lowest BCUT2D eigenvalue weighted by Gasteiger charge is -2.27. The van der Waals surface area contributed by atoms with Crippen molar-refractivity contribution in [3.05, 3.63) is 52.6 Å². The molecule has 4 rings (SSSR count). The number of nitrogens with zero attached hydrogens (tertiary/aromatic N) is 3. The summed E-state index contributed by atoms with van der Waals surface area (Å²) in [7, 11) is 0. The molecule has 2 aliphatic rings. The highest BCUT2D eigenvalue weighted by Crippen LogP contribution is 2.27. The smallest absolute Gasteiger partial charge is 0.274 e. The lowest BCUT2D eigenvalue weighted by atomic mass is 9.91. The number of aryl methyl sites for hydroxylation is 1. The van der Waals surface area contributed by atoms with Gasteiger partial charge in [-0.3, -0.25) is 9.48 Å². The number of rotatable bonds is 5. The standard InChI is InChI=1S/C21H27FN4OS/c1-2-26-19-8-7-16(23-14-15-5-3-4-6-18(15)22)13-17(19)20(24-26)21(27)25-9-11-28-12-10-25/h3-6,16,23H,2,7-14H2,1H3. The molecule has 1 aliphatic carbocycles. The number of halogens is 1. The average Bonchev–Trinajstić information content (AvgIpc) is 3.11. The van der Waals surface area contributed by atoms with Crippen LogP contribution in [-0.2, 0) is 25.9 Å². The Morgan fingerprint density at radius 2 is 2.11 bits per heavy atom. The van der Waals surface area contributed by atoms with Crippen molar-refractivity contribution in [2.24, 2.45) is 0 Å². The summed E-state index contributed by atoms with van der Waals surface area (Å²) in [4.78, 5) is 15.0. The van der Waals surface area contributed by atoms with Gasteiger partial charge in [0.25, 0.3) is 5.91 Å². The fraction of sp³-hybridized carbons (Fsp3) is 0.524. The average molecular weight is 403 g/mol. The van der Waals surface area contributed by atoms with Crippen molar-refractivity contribution in [2.45, 2.75) is 45.3 Å². The van der Waals surface area contributed by atoms with Crippen molar-refractivity contribution in [1.82, 2.24) is 20.0 Å². The molecule has 1 aliphatic heterocycles. The summed E-state index contributed by atoms with van der Waals surface area (Å²) in [5.74, 6) is 1.88. The number of nitrogens with one attached hydrogen (secondary N) is 1. The van der Waals surface area contributed by atoms with Crippen molar-refractivity contribution in [1.29, 1.82) is 0 Å². The Bertz CT molecular complexity index is 847. The van der Waals surface area contributed by atoms with Crippen LogP contribution in [0.25, 0.3) is 0 Å². The predicted octanol–water partition coefficient (Wildman–Crippen LogP) is 2.88. The predicted molar refractivity (Wildman–Crippen MR) is 110 cm³/mol. The summed E-state index contributed by atoms with van der Waals surface area (Å²) in [6, 6.07) is 7.11. The van der Waals surface area contributed by atoms with Gasteiger partial charge in [0.1, 0.15) is 5.82 Å². The van der Waals surface area contributed by atoms with Gasteiger partial charge in [-0.2, -0.15) is 16.9 Å². The fourth-order valence-electron chi connectivity index (χ4n) is 4.11. The number of aromatic nitrogens is 2. The molecule has 1 aromatic heterocycles. The van der Waals surface area contributed by atoms with Crippen LogP contribution in [0.15, 0.2) is 24.3 Å². The van der Waals surface area contributed by atoms with Crippen molar-refractivity contribution in [3.8, 4) is 0 Å². The molecule has 5 nitrogen and oxygen atoms in total. The molecule has 0 saturated carbocycles. The first kappa shape index (κ1) is 19.5. The van der Waals surface area contributed by atoms with Crippen LogP contribution in [0.3, 0.4) is 0 Å². The third kappa shape index (κ3) is 3.96. The molecule has 150 valence electrons. The summed E-state index contributed by atoms with van der Waals surface area (Å²) in [6.07, 6.45) is 2.64. The molecule has 0 bridgehead atoms. The molecule has 2 aromatic rings. The molecule has 1 atom stereocenters. The Kier molecular flexibility index (Phi) is 6.01. The summed E-state index contributed by atoms with van der Waals surface area (Å²) in [6.45, 7) is 4.94. The number of hydrogen-bond acceptors (Lipinski definition) is 4. The number of fused-ring (bicyclic) bond motifs is 1. The van der Waals surface area contributed by atoms with Gasteiger partial charge in [-0.1, -0.05) is 18.2 Å². The van der Waals surface area contributed by atoms with Crippen LogP contribution < -0.4 is 5.32 Å². The first-order chi connectivity index (χ1) is 13.7. The quantitative estimate of drug-likeness (QED) is 0.836. The van der Waals surface area contributed by atoms with Crippen LogP contribution in [-0.4, -0.2) is 51.2 Å². The van der Waals surface area contributed by atoms with Crippen LogP contribution >= 0.6 is 11.8 Å². The van der Waals surface area contributed by atoms with Gasteiger partial charge in [0.05, 0.1) is 0 Å². The second-order valence-corrected chi connectivity index (χ2v) is 8.63. The zero-order valence-corrected chi connectivity index (χ0v) is 17.1. The summed E-state index contributed by atoms with van der Waals surface area (Å²) in [5, 5.41) is 8.17. The lowest BCUT2D eigenvalue weighted by Crippen LogP contribution is -2.39. The van der Waals surface area contributed by atoms with E-state index in [-0.39, 0.29) is 17.8 Å². The maximum Gasteiger partial charge on any atom is 0.274 e. The van der Waals surface area contributed by atoms with Crippen LogP contribution in [0, 0.1) is 5.82 Å². The Morgan fingerprint density at radius 3 is 2.86 bits per heavy atom. The minimum atomic E-state index is -0.177. The number of carbonyl (C=O) groups is 1. The Balaban J connectivity index is 1.51. The van der Waals surface area contributed by atoms with E-state index in [0.29, 0.717) is 17.8 Å². The first-order valence-corrected chi connectivity index (χ1v) is 11.2. The largest absolute Gasteiger partial charge is 0.336 e. The molecule has 1 amide bonds. The molecule has 1 saturated heterocycles. The molecule has 7 heteroatoms. The zero-order valence-electron chi connectivity index (χ0n) is 16.3. The SMILES string of the molecule is CCn1nc(C(=O)N2CCSCC2)c2c1CCC(NCc1ccccc1F)C2. The minimum Gasteiger partial charge on any atom is -0.336 e. The van der Waals surface area contributed by atoms with E-state index in [2.05, 4.69) is 17.3 Å². The van der Waals surface area contributed by atoms with E-state index in [1.54, 1.807) is 6.07 Å². The topological polar surface area (TPSA) is 50.2 Å². The van der Waals surface area contributed by atoms with Gasteiger partial charge >= 0.3 is 0 Å². The van der Waals surface area contributed by atoms with E-state index < -0.39 is 0 Å². The molecular weight excluding hydrogens is 375 g/mol.